The number of hydrogen-bond acceptors (Lipinski definition) is 18. The third kappa shape index (κ3) is 9.87. The molecule has 0 spiro atoms. The van der Waals surface area contributed by atoms with E-state index in [2.05, 4.69) is 0 Å². The lowest BCUT2D eigenvalue weighted by molar-refractivity contribution is -0.364. The van der Waals surface area contributed by atoms with Crippen LogP contribution in [-0.2, 0) is 44.4 Å². The zero-order valence-corrected chi connectivity index (χ0v) is 28.5. The van der Waals surface area contributed by atoms with Gasteiger partial charge in [0, 0.05) is 6.08 Å². The Balaban J connectivity index is 1.43. The van der Waals surface area contributed by atoms with Crippen molar-refractivity contribution in [3.8, 4) is 11.5 Å². The molecular weight excluding hydrogens is 708 g/mol. The molecule has 10 N–H and O–H groups in total. The molecule has 3 fully saturated rings. The Labute approximate surface area is 303 Å². The van der Waals surface area contributed by atoms with Crippen molar-refractivity contribution in [1.29, 1.82) is 0 Å². The fourth-order valence-corrected chi connectivity index (χ4v) is 6.06. The summed E-state index contributed by atoms with van der Waals surface area (Å²) in [5, 5.41) is 103. The lowest BCUT2D eigenvalue weighted by Gasteiger charge is -2.47. The van der Waals surface area contributed by atoms with Gasteiger partial charge in [-0.1, -0.05) is 36.4 Å². The third-order valence-electron chi connectivity index (χ3n) is 9.17. The molecule has 0 amide bonds. The molecule has 2 aromatic carbocycles. The Hall–Kier alpha value is -3.31. The quantitative estimate of drug-likeness (QED) is 0.0570. The number of hydrogen-bond donors (Lipinski definition) is 10. The summed E-state index contributed by atoms with van der Waals surface area (Å²) in [5.74, 6) is -1.88. The Kier molecular flexibility index (Phi) is 14.1. The monoisotopic (exact) mass is 754 g/mol. The van der Waals surface area contributed by atoms with Gasteiger partial charge in [-0.25, -0.2) is 4.79 Å². The van der Waals surface area contributed by atoms with Gasteiger partial charge in [0.15, 0.2) is 36.5 Å². The largest absolute Gasteiger partial charge is 0.504 e. The minimum atomic E-state index is -1.84. The highest BCUT2D eigenvalue weighted by atomic mass is 16.8. The van der Waals surface area contributed by atoms with Crippen LogP contribution in [0.25, 0.3) is 6.08 Å². The van der Waals surface area contributed by atoms with Crippen molar-refractivity contribution in [1.82, 2.24) is 0 Å². The lowest BCUT2D eigenvalue weighted by atomic mass is 9.96. The zero-order valence-electron chi connectivity index (χ0n) is 28.5. The summed E-state index contributed by atoms with van der Waals surface area (Å²) in [6.07, 6.45) is -21.4. The summed E-state index contributed by atoms with van der Waals surface area (Å²) in [7, 11) is 0. The fraction of sp³-hybridized carbons (Fsp3) is 0.571. The number of phenols is 2. The highest BCUT2D eigenvalue weighted by Gasteiger charge is 2.53. The number of carbonyl (C=O) groups excluding carboxylic acids is 1. The van der Waals surface area contributed by atoms with Gasteiger partial charge in [0.25, 0.3) is 0 Å². The van der Waals surface area contributed by atoms with Gasteiger partial charge in [-0.05, 0) is 42.7 Å². The average Bonchev–Trinajstić information content (AvgIpc) is 3.15. The van der Waals surface area contributed by atoms with Gasteiger partial charge in [-0.2, -0.15) is 0 Å². The summed E-state index contributed by atoms with van der Waals surface area (Å²) in [5.41, 5.74) is 1.19. The number of aliphatic hydroxyl groups is 8. The highest BCUT2D eigenvalue weighted by molar-refractivity contribution is 5.87. The van der Waals surface area contributed by atoms with E-state index >= 15 is 0 Å². The number of aromatic hydroxyl groups is 2. The van der Waals surface area contributed by atoms with Gasteiger partial charge < -0.3 is 84.2 Å². The highest BCUT2D eigenvalue weighted by Crippen LogP contribution is 2.33. The van der Waals surface area contributed by atoms with E-state index in [1.54, 1.807) is 0 Å². The van der Waals surface area contributed by atoms with Gasteiger partial charge in [-0.3, -0.25) is 0 Å². The van der Waals surface area contributed by atoms with Crippen molar-refractivity contribution < 1.29 is 89.0 Å². The number of aliphatic hydroxyl groups excluding tert-OH is 8. The maximum atomic E-state index is 13.3. The van der Waals surface area contributed by atoms with Crippen molar-refractivity contribution in [2.24, 2.45) is 0 Å². The molecule has 15 atom stereocenters. The zero-order chi connectivity index (χ0) is 38.4. The molecular formula is C35H46O18. The summed E-state index contributed by atoms with van der Waals surface area (Å²) in [6, 6.07) is 13.0. The molecule has 53 heavy (non-hydrogen) atoms. The van der Waals surface area contributed by atoms with E-state index in [9.17, 15) is 55.9 Å². The summed E-state index contributed by atoms with van der Waals surface area (Å²) in [4.78, 5) is 13.3. The van der Waals surface area contributed by atoms with Crippen LogP contribution in [0.4, 0.5) is 0 Å². The maximum Gasteiger partial charge on any atom is 0.331 e. The maximum absolute atomic E-state index is 13.3. The number of ether oxygens (including phenoxy) is 7. The van der Waals surface area contributed by atoms with Gasteiger partial charge >= 0.3 is 5.97 Å². The minimum Gasteiger partial charge on any atom is -0.504 e. The van der Waals surface area contributed by atoms with E-state index in [1.165, 1.54) is 31.2 Å². The van der Waals surface area contributed by atoms with Crippen LogP contribution in [0.15, 0.2) is 54.6 Å². The van der Waals surface area contributed by atoms with Crippen LogP contribution in [0.1, 0.15) is 18.1 Å². The summed E-state index contributed by atoms with van der Waals surface area (Å²) in [6.45, 7) is 0.0634. The first-order valence-corrected chi connectivity index (χ1v) is 17.0. The molecule has 3 aliphatic rings. The number of esters is 1. The number of rotatable bonds is 13. The molecule has 0 unspecified atom stereocenters. The fourth-order valence-electron chi connectivity index (χ4n) is 6.06. The smallest absolute Gasteiger partial charge is 0.331 e. The summed E-state index contributed by atoms with van der Waals surface area (Å²) < 4.78 is 40.4. The van der Waals surface area contributed by atoms with Crippen molar-refractivity contribution in [3.05, 3.63) is 65.7 Å². The van der Waals surface area contributed by atoms with Crippen LogP contribution in [0.5, 0.6) is 11.5 Å². The minimum absolute atomic E-state index is 0.00983. The van der Waals surface area contributed by atoms with E-state index < -0.39 is 117 Å². The molecule has 2 aromatic rings. The van der Waals surface area contributed by atoms with E-state index in [-0.39, 0.29) is 12.4 Å². The standard InChI is InChI=1S/C35H46O18/c1-16-24(40)26(42)29(45)35(49-16)53-32-30(46)34(47-12-11-17-5-3-2-4-6-17)51-22(15-48-33-28(44)27(43)25(41)21(14-36)50-33)31(32)52-23(39)10-8-18-7-9-19(37)20(38)13-18/h2-10,13,16,21-22,24-38,40-46H,11-12,14-15H2,1H3/b10-8+/t16-,21+,22+,24-,25+,26+,27-,28+,29+,30+,31+,32+,33+,34+,35-/m0/s1. The van der Waals surface area contributed by atoms with Crippen molar-refractivity contribution in [3.63, 3.8) is 0 Å². The Morgan fingerprint density at radius 3 is 2.08 bits per heavy atom. The van der Waals surface area contributed by atoms with Crippen LogP contribution < -0.4 is 0 Å². The molecule has 0 aliphatic carbocycles. The van der Waals surface area contributed by atoms with E-state index in [0.29, 0.717) is 12.0 Å². The van der Waals surface area contributed by atoms with Crippen LogP contribution in [0.2, 0.25) is 0 Å². The number of phenolic OH excluding ortho intramolecular Hbond substituents is 2. The molecule has 3 saturated heterocycles. The second-order valence-corrected chi connectivity index (χ2v) is 12.9. The molecule has 0 saturated carbocycles. The first kappa shape index (κ1) is 40.9. The SMILES string of the molecule is C[C@@H]1O[C@@H](O[C@@H]2[C@@H](O)[C@H](OCCc3ccccc3)O[C@H](CO[C@@H]3O[C@H](CO)[C@@H](O)[C@H](O)[C@H]3O)[C@H]2OC(=O)/C=C/c2ccc(O)c(O)c2)[C@H](O)[C@H](O)[C@H]1O. The van der Waals surface area contributed by atoms with E-state index in [0.717, 1.165) is 11.6 Å². The molecule has 3 heterocycles. The first-order chi connectivity index (χ1) is 25.3. The van der Waals surface area contributed by atoms with Crippen LogP contribution in [0.3, 0.4) is 0 Å². The van der Waals surface area contributed by atoms with Gasteiger partial charge in [-0.15, -0.1) is 0 Å². The van der Waals surface area contributed by atoms with Crippen molar-refractivity contribution in [2.45, 2.75) is 105 Å². The van der Waals surface area contributed by atoms with Crippen LogP contribution in [-0.4, -0.2) is 169 Å². The van der Waals surface area contributed by atoms with E-state index in [1.807, 2.05) is 30.3 Å². The summed E-state index contributed by atoms with van der Waals surface area (Å²) >= 11 is 0. The molecule has 3 aliphatic heterocycles. The van der Waals surface area contributed by atoms with Crippen LogP contribution in [0, 0.1) is 0 Å². The molecule has 0 radical (unpaired) electrons. The van der Waals surface area contributed by atoms with Gasteiger partial charge in [0.1, 0.15) is 61.0 Å². The molecule has 18 heteroatoms. The van der Waals surface area contributed by atoms with Gasteiger partial charge in [0.05, 0.1) is 25.9 Å². The van der Waals surface area contributed by atoms with Crippen molar-refractivity contribution >= 4 is 12.0 Å². The predicted molar refractivity (Wildman–Crippen MR) is 176 cm³/mol. The molecule has 18 nitrogen and oxygen atoms in total. The normalized spacial score (nSPS) is 37.8. The second-order valence-electron chi connectivity index (χ2n) is 12.9. The molecule has 0 bridgehead atoms. The lowest BCUT2D eigenvalue weighted by Crippen LogP contribution is -2.65. The average molecular weight is 755 g/mol. The van der Waals surface area contributed by atoms with E-state index in [4.69, 9.17) is 33.2 Å². The molecule has 0 aromatic heterocycles. The molecule has 294 valence electrons. The van der Waals surface area contributed by atoms with Gasteiger partial charge in [0.2, 0.25) is 0 Å². The predicted octanol–water partition coefficient (Wildman–Crippen LogP) is -2.60. The number of benzene rings is 2. The Morgan fingerprint density at radius 2 is 1.38 bits per heavy atom. The van der Waals surface area contributed by atoms with Crippen molar-refractivity contribution in [2.75, 3.05) is 19.8 Å². The first-order valence-electron chi connectivity index (χ1n) is 17.0. The Morgan fingerprint density at radius 1 is 0.717 bits per heavy atom. The number of carbonyl (C=O) groups is 1. The topological polar surface area (TPSA) is 284 Å². The molecule has 5 rings (SSSR count). The Bertz CT molecular complexity index is 1490. The second kappa shape index (κ2) is 18.3. The van der Waals surface area contributed by atoms with Crippen LogP contribution >= 0.6 is 0 Å². The third-order valence-corrected chi connectivity index (χ3v) is 9.17.